The van der Waals surface area contributed by atoms with E-state index in [9.17, 15) is 9.59 Å². The number of aromatic nitrogens is 2. The lowest BCUT2D eigenvalue weighted by Crippen LogP contribution is -2.12. The average molecular weight is 417 g/mol. The summed E-state index contributed by atoms with van der Waals surface area (Å²) >= 11 is 0. The second-order valence-corrected chi connectivity index (χ2v) is 6.87. The maximum Gasteiger partial charge on any atom is 0.338 e. The quantitative estimate of drug-likeness (QED) is 0.449. The molecule has 0 aliphatic heterocycles. The van der Waals surface area contributed by atoms with Crippen LogP contribution in [0.2, 0.25) is 0 Å². The summed E-state index contributed by atoms with van der Waals surface area (Å²) in [5.41, 5.74) is 2.75. The van der Waals surface area contributed by atoms with Crippen LogP contribution in [0.5, 0.6) is 0 Å². The zero-order valence-electron chi connectivity index (χ0n) is 16.9. The van der Waals surface area contributed by atoms with Crippen LogP contribution in [0.4, 0.5) is 5.69 Å². The van der Waals surface area contributed by atoms with Crippen molar-refractivity contribution in [2.24, 2.45) is 0 Å². The van der Waals surface area contributed by atoms with Gasteiger partial charge in [0.25, 0.3) is 11.8 Å². The number of aryl methyl sites for hydroxylation is 1. The third-order valence-electron chi connectivity index (χ3n) is 4.49. The number of ether oxygens (including phenoxy) is 1. The molecule has 0 aliphatic rings. The summed E-state index contributed by atoms with van der Waals surface area (Å²) in [6, 6.07) is 17.2. The molecule has 1 amide bonds. The van der Waals surface area contributed by atoms with E-state index in [0.29, 0.717) is 17.1 Å². The third kappa shape index (κ3) is 4.69. The van der Waals surface area contributed by atoms with Crippen molar-refractivity contribution in [1.82, 2.24) is 10.2 Å². The second kappa shape index (κ2) is 8.66. The Labute approximate surface area is 177 Å². The predicted molar refractivity (Wildman–Crippen MR) is 111 cm³/mol. The van der Waals surface area contributed by atoms with Gasteiger partial charge in [0.1, 0.15) is 0 Å². The van der Waals surface area contributed by atoms with Gasteiger partial charge in [0.05, 0.1) is 11.8 Å². The highest BCUT2D eigenvalue weighted by atomic mass is 16.6. The van der Waals surface area contributed by atoms with E-state index in [1.165, 1.54) is 6.26 Å². The fourth-order valence-corrected chi connectivity index (χ4v) is 2.78. The summed E-state index contributed by atoms with van der Waals surface area (Å²) in [7, 11) is 0. The van der Waals surface area contributed by atoms with E-state index in [2.05, 4.69) is 15.5 Å². The Kier molecular flexibility index (Phi) is 5.61. The summed E-state index contributed by atoms with van der Waals surface area (Å²) in [5, 5.41) is 10.7. The first-order valence-electron chi connectivity index (χ1n) is 9.56. The Morgan fingerprint density at radius 1 is 1.00 bits per heavy atom. The monoisotopic (exact) mass is 417 g/mol. The molecular weight excluding hydrogens is 398 g/mol. The van der Waals surface area contributed by atoms with Crippen molar-refractivity contribution in [3.05, 3.63) is 89.7 Å². The molecule has 156 valence electrons. The zero-order valence-corrected chi connectivity index (χ0v) is 16.9. The van der Waals surface area contributed by atoms with E-state index in [-0.39, 0.29) is 17.6 Å². The molecule has 0 spiro atoms. The van der Waals surface area contributed by atoms with E-state index in [0.717, 1.165) is 11.1 Å². The lowest BCUT2D eigenvalue weighted by Gasteiger charge is -2.10. The molecule has 2 aromatic heterocycles. The molecule has 31 heavy (non-hydrogen) atoms. The van der Waals surface area contributed by atoms with Gasteiger partial charge in [-0.3, -0.25) is 4.79 Å². The summed E-state index contributed by atoms with van der Waals surface area (Å²) in [6.07, 6.45) is 0.694. The van der Waals surface area contributed by atoms with Gasteiger partial charge in [0, 0.05) is 11.3 Å². The molecule has 0 unspecified atom stereocenters. The molecule has 2 aromatic carbocycles. The van der Waals surface area contributed by atoms with Gasteiger partial charge in [0.2, 0.25) is 5.89 Å². The number of nitrogens with one attached hydrogen (secondary N) is 1. The van der Waals surface area contributed by atoms with Gasteiger partial charge in [-0.05, 0) is 62.4 Å². The molecule has 0 radical (unpaired) electrons. The van der Waals surface area contributed by atoms with Crippen LogP contribution in [-0.4, -0.2) is 22.1 Å². The van der Waals surface area contributed by atoms with Crippen molar-refractivity contribution >= 4 is 17.6 Å². The third-order valence-corrected chi connectivity index (χ3v) is 4.49. The minimum absolute atomic E-state index is 0.196. The number of nitrogens with zero attached hydrogens (tertiary/aromatic N) is 2. The van der Waals surface area contributed by atoms with E-state index in [1.54, 1.807) is 43.3 Å². The highest BCUT2D eigenvalue weighted by Crippen LogP contribution is 2.23. The molecule has 0 aliphatic carbocycles. The lowest BCUT2D eigenvalue weighted by molar-refractivity contribution is 0.0280. The van der Waals surface area contributed by atoms with Crippen LogP contribution in [0, 0.1) is 6.92 Å². The van der Waals surface area contributed by atoms with Crippen LogP contribution in [-0.2, 0) is 4.74 Å². The molecular formula is C23H19N3O5. The summed E-state index contributed by atoms with van der Waals surface area (Å²) in [5.74, 6) is -0.177. The molecule has 1 atom stereocenters. The number of esters is 1. The van der Waals surface area contributed by atoms with E-state index in [1.807, 2.05) is 31.2 Å². The Morgan fingerprint density at radius 3 is 2.42 bits per heavy atom. The number of anilines is 1. The van der Waals surface area contributed by atoms with Gasteiger partial charge in [0.15, 0.2) is 11.9 Å². The van der Waals surface area contributed by atoms with Gasteiger partial charge in [-0.1, -0.05) is 17.7 Å². The van der Waals surface area contributed by atoms with E-state index < -0.39 is 12.1 Å². The Hall–Kier alpha value is -4.20. The molecule has 0 saturated carbocycles. The SMILES string of the molecule is Cc1ccc(-c2nnc([C@H](C)OC(=O)c3ccc(NC(=O)c4ccco4)cc3)o2)cc1. The molecule has 8 heteroatoms. The molecule has 4 aromatic rings. The topological polar surface area (TPSA) is 107 Å². The highest BCUT2D eigenvalue weighted by molar-refractivity contribution is 6.02. The van der Waals surface area contributed by atoms with Crippen LogP contribution >= 0.6 is 0 Å². The summed E-state index contributed by atoms with van der Waals surface area (Å²) in [6.45, 7) is 3.65. The Balaban J connectivity index is 1.37. The van der Waals surface area contributed by atoms with Crippen molar-refractivity contribution in [3.63, 3.8) is 0 Å². The summed E-state index contributed by atoms with van der Waals surface area (Å²) < 4.78 is 16.1. The number of hydrogen-bond donors (Lipinski definition) is 1. The smallest absolute Gasteiger partial charge is 0.338 e. The molecule has 0 bridgehead atoms. The minimum atomic E-state index is -0.725. The number of furan rings is 1. The fourth-order valence-electron chi connectivity index (χ4n) is 2.78. The maximum absolute atomic E-state index is 12.4. The number of carbonyl (C=O) groups excluding carboxylic acids is 2. The van der Waals surface area contributed by atoms with Crippen LogP contribution in [0.3, 0.4) is 0 Å². The van der Waals surface area contributed by atoms with Gasteiger partial charge in [-0.15, -0.1) is 10.2 Å². The molecule has 4 rings (SSSR count). The average Bonchev–Trinajstić information content (AvgIpc) is 3.47. The zero-order chi connectivity index (χ0) is 21.8. The van der Waals surface area contributed by atoms with Crippen LogP contribution < -0.4 is 5.32 Å². The number of benzene rings is 2. The summed E-state index contributed by atoms with van der Waals surface area (Å²) in [4.78, 5) is 24.4. The van der Waals surface area contributed by atoms with Crippen LogP contribution in [0.1, 0.15) is 45.4 Å². The molecule has 1 N–H and O–H groups in total. The first kappa shape index (κ1) is 20.1. The first-order chi connectivity index (χ1) is 15.0. The maximum atomic E-state index is 12.4. The minimum Gasteiger partial charge on any atom is -0.459 e. The van der Waals surface area contributed by atoms with E-state index >= 15 is 0 Å². The molecule has 8 nitrogen and oxygen atoms in total. The normalized spacial score (nSPS) is 11.7. The molecule has 2 heterocycles. The van der Waals surface area contributed by atoms with Crippen molar-refractivity contribution in [2.45, 2.75) is 20.0 Å². The van der Waals surface area contributed by atoms with Crippen LogP contribution in [0.15, 0.2) is 75.8 Å². The van der Waals surface area contributed by atoms with Gasteiger partial charge < -0.3 is 18.9 Å². The Morgan fingerprint density at radius 2 is 1.74 bits per heavy atom. The first-order valence-corrected chi connectivity index (χ1v) is 9.56. The number of amides is 1. The standard InChI is InChI=1S/C23H19N3O5/c1-14-5-7-16(8-6-14)22-26-25-21(31-22)15(2)30-23(28)17-9-11-18(12-10-17)24-20(27)19-4-3-13-29-19/h3-13,15H,1-2H3,(H,24,27)/t15-/m0/s1. The Bertz CT molecular complexity index is 1180. The largest absolute Gasteiger partial charge is 0.459 e. The number of rotatable bonds is 6. The van der Waals surface area contributed by atoms with Crippen molar-refractivity contribution in [2.75, 3.05) is 5.32 Å². The molecule has 0 saturated heterocycles. The number of hydrogen-bond acceptors (Lipinski definition) is 7. The highest BCUT2D eigenvalue weighted by Gasteiger charge is 2.20. The second-order valence-electron chi connectivity index (χ2n) is 6.87. The van der Waals surface area contributed by atoms with Crippen molar-refractivity contribution in [1.29, 1.82) is 0 Å². The van der Waals surface area contributed by atoms with Gasteiger partial charge in [-0.2, -0.15) is 0 Å². The van der Waals surface area contributed by atoms with Crippen molar-refractivity contribution < 1.29 is 23.2 Å². The number of carbonyl (C=O) groups is 2. The lowest BCUT2D eigenvalue weighted by atomic mass is 10.1. The van der Waals surface area contributed by atoms with E-state index in [4.69, 9.17) is 13.6 Å². The van der Waals surface area contributed by atoms with Crippen molar-refractivity contribution in [3.8, 4) is 11.5 Å². The van der Waals surface area contributed by atoms with Gasteiger partial charge in [-0.25, -0.2) is 4.79 Å². The predicted octanol–water partition coefficient (Wildman–Crippen LogP) is 4.81. The van der Waals surface area contributed by atoms with Crippen LogP contribution in [0.25, 0.3) is 11.5 Å². The molecule has 0 fully saturated rings. The fraction of sp³-hybridized carbons (Fsp3) is 0.130. The van der Waals surface area contributed by atoms with Gasteiger partial charge >= 0.3 is 5.97 Å².